The highest BCUT2D eigenvalue weighted by Crippen LogP contribution is 2.21. The third-order valence-electron chi connectivity index (χ3n) is 2.72. The smallest absolute Gasteiger partial charge is 0.221 e. The molecule has 3 N–H and O–H groups in total. The normalized spacial score (nSPS) is 12.3. The van der Waals surface area contributed by atoms with E-state index >= 15 is 0 Å². The van der Waals surface area contributed by atoms with Crippen molar-refractivity contribution in [2.45, 2.75) is 18.4 Å². The van der Waals surface area contributed by atoms with Gasteiger partial charge in [0.25, 0.3) is 0 Å². The zero-order chi connectivity index (χ0) is 14.1. The molecule has 106 valence electrons. The molecule has 0 saturated heterocycles. The fraction of sp³-hybridized carbons (Fsp3) is 0.500. The van der Waals surface area contributed by atoms with Gasteiger partial charge in [-0.05, 0) is 17.7 Å². The molecule has 5 heteroatoms. The summed E-state index contributed by atoms with van der Waals surface area (Å²) >= 11 is 1.66. The van der Waals surface area contributed by atoms with Crippen LogP contribution in [0, 0.1) is 5.92 Å². The van der Waals surface area contributed by atoms with Gasteiger partial charge >= 0.3 is 0 Å². The average molecular weight is 282 g/mol. The number of hydrogen-bond donors (Lipinski definition) is 2. The second kappa shape index (κ2) is 8.96. The highest BCUT2D eigenvalue weighted by molar-refractivity contribution is 7.99. The van der Waals surface area contributed by atoms with Crippen LogP contribution >= 0.6 is 11.8 Å². The minimum atomic E-state index is -0.244. The Morgan fingerprint density at radius 1 is 1.42 bits per heavy atom. The first-order chi connectivity index (χ1) is 9.13. The number of methoxy groups -OCH3 is 1. The molecule has 0 radical (unpaired) electrons. The van der Waals surface area contributed by atoms with Crippen LogP contribution in [-0.2, 0) is 16.1 Å². The molecule has 1 aromatic rings. The van der Waals surface area contributed by atoms with Gasteiger partial charge in [-0.25, -0.2) is 0 Å². The summed E-state index contributed by atoms with van der Waals surface area (Å²) in [6.07, 6.45) is 0. The number of amides is 1. The Hall–Kier alpha value is -1.04. The van der Waals surface area contributed by atoms with Crippen molar-refractivity contribution < 1.29 is 9.53 Å². The van der Waals surface area contributed by atoms with Crippen molar-refractivity contribution >= 4 is 17.7 Å². The monoisotopic (exact) mass is 282 g/mol. The maximum absolute atomic E-state index is 10.9. The Bertz CT molecular complexity index is 382. The van der Waals surface area contributed by atoms with Crippen molar-refractivity contribution in [2.75, 3.05) is 26.0 Å². The van der Waals surface area contributed by atoms with E-state index in [9.17, 15) is 4.79 Å². The molecule has 1 unspecified atom stereocenters. The van der Waals surface area contributed by atoms with E-state index in [1.54, 1.807) is 18.9 Å². The number of hydrogen-bond acceptors (Lipinski definition) is 4. The quantitative estimate of drug-likeness (QED) is 0.534. The molecule has 0 aliphatic carbocycles. The van der Waals surface area contributed by atoms with Crippen molar-refractivity contribution in [3.63, 3.8) is 0 Å². The van der Waals surface area contributed by atoms with Gasteiger partial charge in [-0.1, -0.05) is 19.1 Å². The van der Waals surface area contributed by atoms with Crippen LogP contribution in [0.25, 0.3) is 0 Å². The number of carbonyl (C=O) groups is 1. The van der Waals surface area contributed by atoms with Gasteiger partial charge in [0.2, 0.25) is 5.91 Å². The van der Waals surface area contributed by atoms with E-state index in [0.717, 1.165) is 30.3 Å². The van der Waals surface area contributed by atoms with Crippen LogP contribution in [0.3, 0.4) is 0 Å². The summed E-state index contributed by atoms with van der Waals surface area (Å²) < 4.78 is 4.97. The summed E-state index contributed by atoms with van der Waals surface area (Å²) in [6.45, 7) is 4.26. The van der Waals surface area contributed by atoms with E-state index < -0.39 is 0 Å². The van der Waals surface area contributed by atoms with Gasteiger partial charge in [-0.15, -0.1) is 11.8 Å². The summed E-state index contributed by atoms with van der Waals surface area (Å²) in [7, 11) is 1.70. The number of carbonyl (C=O) groups excluding carboxylic acids is 1. The lowest BCUT2D eigenvalue weighted by Gasteiger charge is -2.08. The van der Waals surface area contributed by atoms with Gasteiger partial charge in [0.15, 0.2) is 0 Å². The highest BCUT2D eigenvalue weighted by Gasteiger charge is 2.08. The number of benzene rings is 1. The number of thioether (sulfide) groups is 1. The fourth-order valence-electron chi connectivity index (χ4n) is 1.41. The summed E-state index contributed by atoms with van der Waals surface area (Å²) in [5.41, 5.74) is 6.47. The van der Waals surface area contributed by atoms with Crippen molar-refractivity contribution in [1.29, 1.82) is 0 Å². The average Bonchev–Trinajstić information content (AvgIpc) is 2.42. The van der Waals surface area contributed by atoms with Crippen LogP contribution in [0.2, 0.25) is 0 Å². The van der Waals surface area contributed by atoms with E-state index in [1.165, 1.54) is 5.56 Å². The second-order valence-corrected chi connectivity index (χ2v) is 5.52. The number of primary amides is 1. The fourth-order valence-corrected chi connectivity index (χ4v) is 2.35. The maximum atomic E-state index is 10.9. The Morgan fingerprint density at radius 3 is 2.68 bits per heavy atom. The zero-order valence-corrected chi connectivity index (χ0v) is 12.3. The molecule has 0 bridgehead atoms. The predicted molar refractivity (Wildman–Crippen MR) is 79.1 cm³/mol. The standard InChI is InChI=1S/C14H22N2O2S/c1-11(14(15)17)10-19-13-5-3-12(4-6-13)9-16-7-8-18-2/h3-6,11,16H,7-10H2,1-2H3,(H2,15,17). The summed E-state index contributed by atoms with van der Waals surface area (Å²) in [4.78, 5) is 12.1. The third-order valence-corrected chi connectivity index (χ3v) is 3.99. The molecule has 0 saturated carbocycles. The Morgan fingerprint density at radius 2 is 2.11 bits per heavy atom. The van der Waals surface area contributed by atoms with Gasteiger partial charge < -0.3 is 15.8 Å². The lowest BCUT2D eigenvalue weighted by Crippen LogP contribution is -2.22. The summed E-state index contributed by atoms with van der Waals surface area (Å²) in [5.74, 6) is 0.382. The third kappa shape index (κ3) is 6.61. The molecule has 1 aromatic carbocycles. The second-order valence-electron chi connectivity index (χ2n) is 4.43. The van der Waals surface area contributed by atoms with Gasteiger partial charge in [0.05, 0.1) is 6.61 Å². The number of nitrogens with one attached hydrogen (secondary N) is 1. The molecule has 0 aromatic heterocycles. The van der Waals surface area contributed by atoms with Crippen molar-refractivity contribution in [2.24, 2.45) is 11.7 Å². The first kappa shape index (κ1) is 16.0. The molecule has 0 fully saturated rings. The van der Waals surface area contributed by atoms with Gasteiger partial charge in [-0.3, -0.25) is 4.79 Å². The number of nitrogens with two attached hydrogens (primary N) is 1. The largest absolute Gasteiger partial charge is 0.383 e. The van der Waals surface area contributed by atoms with E-state index in [4.69, 9.17) is 10.5 Å². The van der Waals surface area contributed by atoms with Crippen molar-refractivity contribution in [3.8, 4) is 0 Å². The first-order valence-electron chi connectivity index (χ1n) is 6.34. The summed E-state index contributed by atoms with van der Waals surface area (Å²) in [5, 5.41) is 3.29. The minimum Gasteiger partial charge on any atom is -0.383 e. The van der Waals surface area contributed by atoms with E-state index in [2.05, 4.69) is 29.6 Å². The van der Waals surface area contributed by atoms with Gasteiger partial charge in [0.1, 0.15) is 0 Å². The molecule has 0 aliphatic heterocycles. The predicted octanol–water partition coefficient (Wildman–Crippen LogP) is 1.64. The SMILES string of the molecule is COCCNCc1ccc(SCC(C)C(N)=O)cc1. The zero-order valence-electron chi connectivity index (χ0n) is 11.5. The van der Waals surface area contributed by atoms with Crippen LogP contribution in [0.5, 0.6) is 0 Å². The first-order valence-corrected chi connectivity index (χ1v) is 7.32. The lowest BCUT2D eigenvalue weighted by molar-refractivity contribution is -0.120. The molecule has 4 nitrogen and oxygen atoms in total. The van der Waals surface area contributed by atoms with Crippen LogP contribution in [-0.4, -0.2) is 31.9 Å². The Labute approximate surface area is 119 Å². The van der Waals surface area contributed by atoms with Crippen LogP contribution < -0.4 is 11.1 Å². The molecule has 19 heavy (non-hydrogen) atoms. The molecular formula is C14H22N2O2S. The Balaban J connectivity index is 2.33. The van der Waals surface area contributed by atoms with Crippen LogP contribution in [0.1, 0.15) is 12.5 Å². The molecule has 1 atom stereocenters. The molecule has 0 heterocycles. The lowest BCUT2D eigenvalue weighted by atomic mass is 10.2. The van der Waals surface area contributed by atoms with Crippen molar-refractivity contribution in [1.82, 2.24) is 5.32 Å². The highest BCUT2D eigenvalue weighted by atomic mass is 32.2. The molecule has 1 amide bonds. The molecular weight excluding hydrogens is 260 g/mol. The molecule has 0 aliphatic rings. The maximum Gasteiger partial charge on any atom is 0.221 e. The van der Waals surface area contributed by atoms with Gasteiger partial charge in [0, 0.05) is 36.8 Å². The topological polar surface area (TPSA) is 64.3 Å². The van der Waals surface area contributed by atoms with E-state index in [-0.39, 0.29) is 11.8 Å². The minimum absolute atomic E-state index is 0.0969. The summed E-state index contributed by atoms with van der Waals surface area (Å²) in [6, 6.07) is 8.34. The van der Waals surface area contributed by atoms with Gasteiger partial charge in [-0.2, -0.15) is 0 Å². The van der Waals surface area contributed by atoms with Crippen molar-refractivity contribution in [3.05, 3.63) is 29.8 Å². The molecule has 1 rings (SSSR count). The number of rotatable bonds is 9. The van der Waals surface area contributed by atoms with Crippen LogP contribution in [0.15, 0.2) is 29.2 Å². The molecule has 0 spiro atoms. The van der Waals surface area contributed by atoms with E-state index in [0.29, 0.717) is 0 Å². The Kier molecular flexibility index (Phi) is 7.55. The van der Waals surface area contributed by atoms with Crippen LogP contribution in [0.4, 0.5) is 0 Å². The van der Waals surface area contributed by atoms with E-state index in [1.807, 2.05) is 6.92 Å². The number of ether oxygens (including phenoxy) is 1.